The van der Waals surface area contributed by atoms with Crippen molar-refractivity contribution >= 4 is 17.5 Å². The molecule has 0 spiro atoms. The molecule has 0 saturated carbocycles. The zero-order valence-electron chi connectivity index (χ0n) is 11.9. The van der Waals surface area contributed by atoms with Crippen LogP contribution in [0.25, 0.3) is 0 Å². The number of likely N-dealkylation sites (N-methyl/N-ethyl adjacent to an activating group) is 1. The number of carbonyl (C=O) groups excluding carboxylic acids is 2. The van der Waals surface area contributed by atoms with Crippen LogP contribution in [0, 0.1) is 0 Å². The van der Waals surface area contributed by atoms with Crippen molar-refractivity contribution in [1.82, 2.24) is 10.0 Å². The van der Waals surface area contributed by atoms with Gasteiger partial charge in [0.15, 0.2) is 5.70 Å². The van der Waals surface area contributed by atoms with Gasteiger partial charge in [0, 0.05) is 19.7 Å². The Labute approximate surface area is 125 Å². The summed E-state index contributed by atoms with van der Waals surface area (Å²) in [5.41, 5.74) is -1.35. The van der Waals surface area contributed by atoms with Gasteiger partial charge >= 0.3 is 6.18 Å². The first-order valence-electron chi connectivity index (χ1n) is 6.40. The predicted octanol–water partition coefficient (Wildman–Crippen LogP) is 2.15. The molecule has 0 fully saturated rings. The Morgan fingerprint density at radius 1 is 1.18 bits per heavy atom. The van der Waals surface area contributed by atoms with E-state index in [9.17, 15) is 22.8 Å². The predicted molar refractivity (Wildman–Crippen MR) is 73.3 cm³/mol. The number of hydrazine groups is 1. The summed E-state index contributed by atoms with van der Waals surface area (Å²) < 4.78 is 39.7. The number of amides is 2. The van der Waals surface area contributed by atoms with Crippen LogP contribution in [0.2, 0.25) is 0 Å². The third-order valence-corrected chi connectivity index (χ3v) is 3.10. The van der Waals surface area contributed by atoms with Crippen LogP contribution < -0.4 is 5.32 Å². The molecule has 1 aliphatic heterocycles. The van der Waals surface area contributed by atoms with Crippen molar-refractivity contribution in [3.63, 3.8) is 0 Å². The fourth-order valence-corrected chi connectivity index (χ4v) is 2.27. The lowest BCUT2D eigenvalue weighted by Gasteiger charge is -2.26. The molecule has 0 saturated heterocycles. The highest BCUT2D eigenvalue weighted by Gasteiger charge is 2.48. The van der Waals surface area contributed by atoms with E-state index in [0.29, 0.717) is 10.7 Å². The summed E-state index contributed by atoms with van der Waals surface area (Å²) in [4.78, 5) is 23.6. The van der Waals surface area contributed by atoms with Gasteiger partial charge in [-0.15, -0.1) is 0 Å². The minimum Gasteiger partial charge on any atom is -0.322 e. The maximum atomic E-state index is 13.2. The molecule has 0 aliphatic carbocycles. The van der Waals surface area contributed by atoms with Crippen molar-refractivity contribution in [2.24, 2.45) is 0 Å². The Balaban J connectivity index is 2.38. The lowest BCUT2D eigenvalue weighted by atomic mass is 10.2. The molecule has 5 nitrogen and oxygen atoms in total. The summed E-state index contributed by atoms with van der Waals surface area (Å²) in [7, 11) is 1.32. The van der Waals surface area contributed by atoms with Gasteiger partial charge in [0.1, 0.15) is 0 Å². The van der Waals surface area contributed by atoms with Crippen LogP contribution in [-0.2, 0) is 9.59 Å². The Kier molecular flexibility index (Phi) is 4.23. The molecule has 0 radical (unpaired) electrons. The summed E-state index contributed by atoms with van der Waals surface area (Å²) in [6.07, 6.45) is -4.81. The summed E-state index contributed by atoms with van der Waals surface area (Å²) in [6, 6.07) is 8.14. The zero-order valence-corrected chi connectivity index (χ0v) is 11.9. The molecular formula is C14H14F3N3O2. The van der Waals surface area contributed by atoms with Crippen LogP contribution >= 0.6 is 0 Å². The second-order valence-electron chi connectivity index (χ2n) is 4.79. The van der Waals surface area contributed by atoms with E-state index in [0.717, 1.165) is 11.9 Å². The highest BCUT2D eigenvalue weighted by Crippen LogP contribution is 2.36. The first-order chi connectivity index (χ1) is 10.2. The molecule has 1 aliphatic rings. The van der Waals surface area contributed by atoms with Gasteiger partial charge in [-0.2, -0.15) is 13.2 Å². The van der Waals surface area contributed by atoms with E-state index in [1.807, 2.05) is 0 Å². The Morgan fingerprint density at radius 3 is 2.27 bits per heavy atom. The Hall–Kier alpha value is -2.35. The number of allylic oxidation sites excluding steroid dienone is 1. The summed E-state index contributed by atoms with van der Waals surface area (Å²) in [5.74, 6) is -1.69. The fourth-order valence-electron chi connectivity index (χ4n) is 2.27. The van der Waals surface area contributed by atoms with E-state index < -0.39 is 29.3 Å². The number of hydrogen-bond acceptors (Lipinski definition) is 3. The van der Waals surface area contributed by atoms with Crippen molar-refractivity contribution in [3.8, 4) is 0 Å². The van der Waals surface area contributed by atoms with E-state index >= 15 is 0 Å². The van der Waals surface area contributed by atoms with E-state index in [4.69, 9.17) is 0 Å². The summed E-state index contributed by atoms with van der Waals surface area (Å²) >= 11 is 0. The average molecular weight is 313 g/mol. The van der Waals surface area contributed by atoms with E-state index in [2.05, 4.69) is 5.32 Å². The number of rotatable bonds is 2. The van der Waals surface area contributed by atoms with Crippen molar-refractivity contribution in [3.05, 3.63) is 41.6 Å². The summed E-state index contributed by atoms with van der Waals surface area (Å²) in [6.45, 7) is 0.716. The monoisotopic (exact) mass is 313 g/mol. The first-order valence-corrected chi connectivity index (χ1v) is 6.40. The second-order valence-corrected chi connectivity index (χ2v) is 4.79. The lowest BCUT2D eigenvalue weighted by molar-refractivity contribution is -0.155. The smallest absolute Gasteiger partial charge is 0.322 e. The van der Waals surface area contributed by atoms with Crippen molar-refractivity contribution in [1.29, 1.82) is 0 Å². The zero-order chi connectivity index (χ0) is 16.5. The normalized spacial score (nSPS) is 16.1. The van der Waals surface area contributed by atoms with Crippen LogP contribution in [-0.4, -0.2) is 41.6 Å². The lowest BCUT2D eigenvalue weighted by Crippen LogP contribution is -2.41. The molecule has 2 rings (SSSR count). The van der Waals surface area contributed by atoms with Gasteiger partial charge < -0.3 is 5.32 Å². The highest BCUT2D eigenvalue weighted by atomic mass is 19.4. The van der Waals surface area contributed by atoms with Gasteiger partial charge in [-0.05, 0) is 12.1 Å². The Bertz CT molecular complexity index is 626. The SMILES string of the molecule is CC(=O)N1C(C(F)(F)F)=C(C(=O)Nc2ccccc2)CN1C. The highest BCUT2D eigenvalue weighted by molar-refractivity contribution is 6.05. The standard InChI is InChI=1S/C14H14F3N3O2/c1-9(21)20-12(14(15,16)17)11(8-19(20)2)13(22)18-10-6-4-3-5-7-10/h3-7H,8H2,1-2H3,(H,18,22). The number of anilines is 1. The largest absolute Gasteiger partial charge is 0.433 e. The van der Waals surface area contributed by atoms with E-state index in [1.165, 1.54) is 7.05 Å². The molecule has 2 amide bonds. The molecular weight excluding hydrogens is 299 g/mol. The minimum absolute atomic E-state index is 0.299. The minimum atomic E-state index is -4.81. The van der Waals surface area contributed by atoms with Crippen LogP contribution in [0.1, 0.15) is 6.92 Å². The number of hydrogen-bond donors (Lipinski definition) is 1. The number of halogens is 3. The van der Waals surface area contributed by atoms with E-state index in [1.54, 1.807) is 30.3 Å². The molecule has 1 aromatic rings. The van der Waals surface area contributed by atoms with Gasteiger partial charge in [0.25, 0.3) is 5.91 Å². The number of para-hydroxylation sites is 1. The fraction of sp³-hybridized carbons (Fsp3) is 0.286. The summed E-state index contributed by atoms with van der Waals surface area (Å²) in [5, 5.41) is 3.94. The molecule has 0 unspecified atom stereocenters. The molecule has 8 heteroatoms. The number of carbonyl (C=O) groups is 2. The molecule has 1 heterocycles. The molecule has 1 N–H and O–H groups in total. The molecule has 1 aromatic carbocycles. The molecule has 118 valence electrons. The number of alkyl halides is 3. The van der Waals surface area contributed by atoms with Gasteiger partial charge in [0.05, 0.1) is 12.1 Å². The number of nitrogens with one attached hydrogen (secondary N) is 1. The Morgan fingerprint density at radius 2 is 1.77 bits per heavy atom. The van der Waals surface area contributed by atoms with Crippen LogP contribution in [0.15, 0.2) is 41.6 Å². The maximum absolute atomic E-state index is 13.2. The second kappa shape index (κ2) is 5.80. The van der Waals surface area contributed by atoms with Gasteiger partial charge in [0.2, 0.25) is 5.91 Å². The quantitative estimate of drug-likeness (QED) is 0.910. The third-order valence-electron chi connectivity index (χ3n) is 3.10. The van der Waals surface area contributed by atoms with Crippen LogP contribution in [0.4, 0.5) is 18.9 Å². The van der Waals surface area contributed by atoms with E-state index in [-0.39, 0.29) is 6.54 Å². The molecule has 0 bridgehead atoms. The van der Waals surface area contributed by atoms with Gasteiger partial charge in [-0.1, -0.05) is 18.2 Å². The van der Waals surface area contributed by atoms with Crippen molar-refractivity contribution < 1.29 is 22.8 Å². The maximum Gasteiger partial charge on any atom is 0.433 e. The average Bonchev–Trinajstić information content (AvgIpc) is 2.77. The molecule has 22 heavy (non-hydrogen) atoms. The van der Waals surface area contributed by atoms with Crippen molar-refractivity contribution in [2.75, 3.05) is 18.9 Å². The third kappa shape index (κ3) is 3.11. The van der Waals surface area contributed by atoms with Gasteiger partial charge in [-0.3, -0.25) is 9.59 Å². The van der Waals surface area contributed by atoms with Crippen molar-refractivity contribution in [2.45, 2.75) is 13.1 Å². The first kappa shape index (κ1) is 16.0. The van der Waals surface area contributed by atoms with Crippen LogP contribution in [0.3, 0.4) is 0 Å². The number of nitrogens with zero attached hydrogens (tertiary/aromatic N) is 2. The topological polar surface area (TPSA) is 52.7 Å². The molecule has 0 aromatic heterocycles. The van der Waals surface area contributed by atoms with Crippen LogP contribution in [0.5, 0.6) is 0 Å². The molecule has 0 atom stereocenters. The van der Waals surface area contributed by atoms with Gasteiger partial charge in [-0.25, -0.2) is 10.0 Å². The number of benzene rings is 1.